The van der Waals surface area contributed by atoms with Crippen LogP contribution in [0.1, 0.15) is 29.8 Å². The first-order chi connectivity index (χ1) is 10.5. The molecule has 0 aliphatic rings. The summed E-state index contributed by atoms with van der Waals surface area (Å²) in [5, 5.41) is 2.43. The van der Waals surface area contributed by atoms with Crippen LogP contribution >= 0.6 is 24.0 Å². The molecule has 7 nitrogen and oxygen atoms in total. The molecular weight excluding hydrogens is 409 g/mol. The van der Waals surface area contributed by atoms with Gasteiger partial charge in [0.1, 0.15) is 0 Å². The molecular formula is C15H24IN5O2. The van der Waals surface area contributed by atoms with Gasteiger partial charge in [0.05, 0.1) is 13.1 Å². The van der Waals surface area contributed by atoms with Gasteiger partial charge in [0, 0.05) is 18.7 Å². The van der Waals surface area contributed by atoms with E-state index in [1.54, 1.807) is 24.3 Å². The van der Waals surface area contributed by atoms with Crippen molar-refractivity contribution in [1.29, 1.82) is 0 Å². The lowest BCUT2D eigenvalue weighted by Gasteiger charge is -2.19. The highest BCUT2D eigenvalue weighted by atomic mass is 127. The zero-order valence-corrected chi connectivity index (χ0v) is 15.7. The standard InChI is InChI=1S/C15H23N5O2.HI/c1-3-20(4-2)15(17)19-9-11-5-7-12(8-6-11)14(22)18-10-13(16)21;/h5-8H,3-4,9-10H2,1-2H3,(H2,16,21)(H2,17,19)(H,18,22);1H. The van der Waals surface area contributed by atoms with E-state index in [1.807, 2.05) is 18.7 Å². The molecule has 0 atom stereocenters. The Morgan fingerprint density at radius 2 is 1.70 bits per heavy atom. The fraction of sp³-hybridized carbons (Fsp3) is 0.400. The van der Waals surface area contributed by atoms with Crippen LogP contribution in [0.2, 0.25) is 0 Å². The third kappa shape index (κ3) is 7.31. The van der Waals surface area contributed by atoms with Crippen molar-refractivity contribution in [2.75, 3.05) is 19.6 Å². The molecule has 128 valence electrons. The number of guanidine groups is 1. The van der Waals surface area contributed by atoms with Crippen LogP contribution in [-0.4, -0.2) is 42.3 Å². The molecule has 0 unspecified atom stereocenters. The van der Waals surface area contributed by atoms with E-state index >= 15 is 0 Å². The van der Waals surface area contributed by atoms with Gasteiger partial charge in [-0.15, -0.1) is 24.0 Å². The summed E-state index contributed by atoms with van der Waals surface area (Å²) in [6.45, 7) is 5.93. The Labute approximate surface area is 153 Å². The third-order valence-corrected chi connectivity index (χ3v) is 3.15. The van der Waals surface area contributed by atoms with E-state index in [0.29, 0.717) is 18.1 Å². The Hall–Kier alpha value is -1.84. The Morgan fingerprint density at radius 1 is 1.13 bits per heavy atom. The molecule has 0 aliphatic carbocycles. The molecule has 0 saturated carbocycles. The molecule has 23 heavy (non-hydrogen) atoms. The minimum absolute atomic E-state index is 0. The summed E-state index contributed by atoms with van der Waals surface area (Å²) in [5.74, 6) is -0.407. The number of halogens is 1. The minimum atomic E-state index is -0.578. The Balaban J connectivity index is 0.00000484. The monoisotopic (exact) mass is 433 g/mol. The lowest BCUT2D eigenvalue weighted by atomic mass is 10.1. The molecule has 1 aromatic rings. The SMILES string of the molecule is CCN(CC)C(N)=NCc1ccc(C(=O)NCC(N)=O)cc1.I. The number of carbonyl (C=O) groups is 2. The van der Waals surface area contributed by atoms with Crippen LogP contribution in [-0.2, 0) is 11.3 Å². The van der Waals surface area contributed by atoms with Crippen molar-refractivity contribution in [3.63, 3.8) is 0 Å². The van der Waals surface area contributed by atoms with Crippen molar-refractivity contribution in [1.82, 2.24) is 10.2 Å². The molecule has 0 radical (unpaired) electrons. The number of hydrogen-bond donors (Lipinski definition) is 3. The molecule has 5 N–H and O–H groups in total. The highest BCUT2D eigenvalue weighted by Gasteiger charge is 2.06. The molecule has 2 amide bonds. The topological polar surface area (TPSA) is 114 Å². The van der Waals surface area contributed by atoms with Gasteiger partial charge in [-0.3, -0.25) is 9.59 Å². The van der Waals surface area contributed by atoms with Crippen molar-refractivity contribution < 1.29 is 9.59 Å². The van der Waals surface area contributed by atoms with Crippen LogP contribution < -0.4 is 16.8 Å². The van der Waals surface area contributed by atoms with Gasteiger partial charge in [-0.2, -0.15) is 0 Å². The Morgan fingerprint density at radius 3 is 2.17 bits per heavy atom. The van der Waals surface area contributed by atoms with Crippen LogP contribution in [0.3, 0.4) is 0 Å². The van der Waals surface area contributed by atoms with Crippen molar-refractivity contribution in [3.05, 3.63) is 35.4 Å². The smallest absolute Gasteiger partial charge is 0.251 e. The van der Waals surface area contributed by atoms with Gasteiger partial charge in [-0.05, 0) is 31.5 Å². The van der Waals surface area contributed by atoms with Crippen molar-refractivity contribution in [2.24, 2.45) is 16.5 Å². The fourth-order valence-corrected chi connectivity index (χ4v) is 1.85. The van der Waals surface area contributed by atoms with Crippen molar-refractivity contribution in [2.45, 2.75) is 20.4 Å². The second-order valence-corrected chi connectivity index (χ2v) is 4.69. The molecule has 0 bridgehead atoms. The van der Waals surface area contributed by atoms with E-state index in [9.17, 15) is 9.59 Å². The summed E-state index contributed by atoms with van der Waals surface area (Å²) in [6.07, 6.45) is 0. The Kier molecular flexibility index (Phi) is 9.95. The maximum atomic E-state index is 11.7. The molecule has 0 saturated heterocycles. The van der Waals surface area contributed by atoms with Crippen molar-refractivity contribution in [3.8, 4) is 0 Å². The second kappa shape index (κ2) is 10.8. The number of rotatable bonds is 7. The summed E-state index contributed by atoms with van der Waals surface area (Å²) in [6, 6.07) is 6.96. The Bertz CT molecular complexity index is 541. The first kappa shape index (κ1) is 21.2. The molecule has 0 aliphatic heterocycles. The fourth-order valence-electron chi connectivity index (χ4n) is 1.85. The number of nitrogens with two attached hydrogens (primary N) is 2. The number of nitrogens with zero attached hydrogens (tertiary/aromatic N) is 2. The number of amides is 2. The zero-order valence-electron chi connectivity index (χ0n) is 13.4. The highest BCUT2D eigenvalue weighted by Crippen LogP contribution is 2.06. The van der Waals surface area contributed by atoms with Gasteiger partial charge in [-0.1, -0.05) is 12.1 Å². The van der Waals surface area contributed by atoms with Gasteiger partial charge in [0.15, 0.2) is 5.96 Å². The van der Waals surface area contributed by atoms with Crippen LogP contribution in [0.5, 0.6) is 0 Å². The van der Waals surface area contributed by atoms with Gasteiger partial charge >= 0.3 is 0 Å². The minimum Gasteiger partial charge on any atom is -0.370 e. The molecule has 0 fully saturated rings. The summed E-state index contributed by atoms with van der Waals surface area (Å²) in [5.41, 5.74) is 12.3. The van der Waals surface area contributed by atoms with Gasteiger partial charge in [-0.25, -0.2) is 4.99 Å². The predicted octanol–water partition coefficient (Wildman–Crippen LogP) is 0.676. The number of hydrogen-bond acceptors (Lipinski definition) is 3. The van der Waals surface area contributed by atoms with Crippen LogP contribution in [0.25, 0.3) is 0 Å². The zero-order chi connectivity index (χ0) is 16.5. The molecule has 0 spiro atoms. The van der Waals surface area contributed by atoms with E-state index in [1.165, 1.54) is 0 Å². The molecule has 0 aromatic heterocycles. The summed E-state index contributed by atoms with van der Waals surface area (Å²) in [4.78, 5) is 28.6. The second-order valence-electron chi connectivity index (χ2n) is 4.69. The largest absolute Gasteiger partial charge is 0.370 e. The average molecular weight is 433 g/mol. The number of nitrogens with one attached hydrogen (secondary N) is 1. The lowest BCUT2D eigenvalue weighted by molar-refractivity contribution is -0.117. The predicted molar refractivity (Wildman–Crippen MR) is 102 cm³/mol. The molecule has 1 aromatic carbocycles. The average Bonchev–Trinajstić information content (AvgIpc) is 2.52. The van der Waals surface area contributed by atoms with E-state index in [4.69, 9.17) is 11.5 Å². The summed E-state index contributed by atoms with van der Waals surface area (Å²) in [7, 11) is 0. The van der Waals surface area contributed by atoms with Crippen LogP contribution in [0, 0.1) is 0 Å². The molecule has 8 heteroatoms. The quantitative estimate of drug-likeness (QED) is 0.333. The number of aliphatic imine (C=N–C) groups is 1. The normalized spacial score (nSPS) is 10.6. The van der Waals surface area contributed by atoms with Crippen molar-refractivity contribution >= 4 is 41.8 Å². The first-order valence-electron chi connectivity index (χ1n) is 7.18. The van der Waals surface area contributed by atoms with E-state index in [2.05, 4.69) is 10.3 Å². The van der Waals surface area contributed by atoms with E-state index in [0.717, 1.165) is 18.7 Å². The van der Waals surface area contributed by atoms with Gasteiger partial charge < -0.3 is 21.7 Å². The van der Waals surface area contributed by atoms with Gasteiger partial charge in [0.25, 0.3) is 5.91 Å². The molecule has 1 rings (SSSR count). The van der Waals surface area contributed by atoms with Crippen LogP contribution in [0.4, 0.5) is 0 Å². The van der Waals surface area contributed by atoms with Crippen LogP contribution in [0.15, 0.2) is 29.3 Å². The van der Waals surface area contributed by atoms with Gasteiger partial charge in [0.2, 0.25) is 5.91 Å². The first-order valence-corrected chi connectivity index (χ1v) is 7.18. The number of carbonyl (C=O) groups excluding carboxylic acids is 2. The maximum Gasteiger partial charge on any atom is 0.251 e. The highest BCUT2D eigenvalue weighted by molar-refractivity contribution is 14.0. The number of benzene rings is 1. The number of primary amides is 1. The van der Waals surface area contributed by atoms with E-state index in [-0.39, 0.29) is 36.4 Å². The summed E-state index contributed by atoms with van der Waals surface area (Å²) < 4.78 is 0. The third-order valence-electron chi connectivity index (χ3n) is 3.15. The lowest BCUT2D eigenvalue weighted by Crippen LogP contribution is -2.37. The maximum absolute atomic E-state index is 11.7. The van der Waals surface area contributed by atoms with E-state index < -0.39 is 5.91 Å². The summed E-state index contributed by atoms with van der Waals surface area (Å²) >= 11 is 0. The molecule has 0 heterocycles.